The molecule has 0 radical (unpaired) electrons. The zero-order chi connectivity index (χ0) is 13.0. The number of benzene rings is 2. The average Bonchev–Trinajstić information content (AvgIpc) is 2.79. The largest absolute Gasteiger partial charge is 0.495 e. The van der Waals surface area contributed by atoms with E-state index in [1.54, 1.807) is 13.2 Å². The van der Waals surface area contributed by atoms with Crippen LogP contribution in [-0.4, -0.2) is 11.5 Å². The highest BCUT2D eigenvalue weighted by Gasteiger charge is 2.13. The molecule has 3 heteroatoms. The summed E-state index contributed by atoms with van der Waals surface area (Å²) in [4.78, 5) is 12.2. The van der Waals surface area contributed by atoms with E-state index in [-0.39, 0.29) is 5.43 Å². The van der Waals surface area contributed by atoms with Gasteiger partial charge in [-0.15, -0.1) is 0 Å². The molecule has 0 amide bonds. The second-order valence-corrected chi connectivity index (χ2v) is 4.64. The summed E-state index contributed by atoms with van der Waals surface area (Å²) in [5.41, 5.74) is 2.07. The molecule has 0 aliphatic heterocycles. The van der Waals surface area contributed by atoms with Crippen molar-refractivity contribution in [2.24, 2.45) is 0 Å². The molecule has 0 atom stereocenters. The number of rotatable bonds is 1. The normalized spacial score (nSPS) is 11.6. The Morgan fingerprint density at radius 1 is 1.11 bits per heavy atom. The summed E-state index contributed by atoms with van der Waals surface area (Å²) in [5.74, 6) is 0.786. The lowest BCUT2D eigenvalue weighted by atomic mass is 10.1. The maximum atomic E-state index is 12.2. The van der Waals surface area contributed by atoms with Gasteiger partial charge in [0.15, 0.2) is 5.43 Å². The summed E-state index contributed by atoms with van der Waals surface area (Å²) in [6, 6.07) is 13.4. The molecular formula is C16H11NO2. The Morgan fingerprint density at radius 3 is 2.79 bits per heavy atom. The molecule has 2 aromatic heterocycles. The third-order valence-corrected chi connectivity index (χ3v) is 3.63. The van der Waals surface area contributed by atoms with Gasteiger partial charge in [0.2, 0.25) is 0 Å². The molecule has 0 fully saturated rings. The molecule has 0 bridgehead atoms. The molecule has 0 aliphatic rings. The van der Waals surface area contributed by atoms with Gasteiger partial charge in [-0.25, -0.2) is 0 Å². The van der Waals surface area contributed by atoms with E-state index in [9.17, 15) is 4.79 Å². The van der Waals surface area contributed by atoms with Crippen LogP contribution in [0.5, 0.6) is 5.75 Å². The van der Waals surface area contributed by atoms with Crippen molar-refractivity contribution < 1.29 is 4.74 Å². The van der Waals surface area contributed by atoms with Crippen LogP contribution in [0.25, 0.3) is 27.2 Å². The van der Waals surface area contributed by atoms with Crippen LogP contribution < -0.4 is 10.2 Å². The van der Waals surface area contributed by atoms with Crippen LogP contribution >= 0.6 is 0 Å². The molecule has 4 aromatic rings. The van der Waals surface area contributed by atoms with E-state index in [0.29, 0.717) is 0 Å². The number of aromatic nitrogens is 1. The fourth-order valence-electron chi connectivity index (χ4n) is 2.80. The quantitative estimate of drug-likeness (QED) is 0.519. The van der Waals surface area contributed by atoms with Gasteiger partial charge < -0.3 is 9.14 Å². The fourth-order valence-corrected chi connectivity index (χ4v) is 2.80. The van der Waals surface area contributed by atoms with Gasteiger partial charge in [0.25, 0.3) is 0 Å². The Kier molecular flexibility index (Phi) is 1.90. The number of ether oxygens (including phenoxy) is 1. The first-order valence-electron chi connectivity index (χ1n) is 6.13. The summed E-state index contributed by atoms with van der Waals surface area (Å²) in [6.45, 7) is 0. The number of hydrogen-bond acceptors (Lipinski definition) is 2. The van der Waals surface area contributed by atoms with E-state index in [0.717, 1.165) is 32.9 Å². The first kappa shape index (κ1) is 10.4. The first-order valence-corrected chi connectivity index (χ1v) is 6.13. The molecule has 0 aliphatic carbocycles. The highest BCUT2D eigenvalue weighted by atomic mass is 16.5. The van der Waals surface area contributed by atoms with E-state index in [1.807, 2.05) is 47.0 Å². The van der Waals surface area contributed by atoms with Crippen LogP contribution in [0.4, 0.5) is 0 Å². The molecule has 2 heterocycles. The van der Waals surface area contributed by atoms with E-state index in [1.165, 1.54) is 0 Å². The van der Waals surface area contributed by atoms with Crippen molar-refractivity contribution in [2.75, 3.05) is 7.11 Å². The maximum absolute atomic E-state index is 12.2. The van der Waals surface area contributed by atoms with Crippen molar-refractivity contribution in [3.05, 3.63) is 58.9 Å². The molecule has 0 unspecified atom stereocenters. The number of nitrogens with zero attached hydrogens (tertiary/aromatic N) is 1. The third kappa shape index (κ3) is 1.24. The van der Waals surface area contributed by atoms with Crippen molar-refractivity contribution in [3.8, 4) is 5.75 Å². The van der Waals surface area contributed by atoms with Gasteiger partial charge in [-0.05, 0) is 24.3 Å². The number of para-hydroxylation sites is 1. The summed E-state index contributed by atoms with van der Waals surface area (Å²) in [6.07, 6.45) is 1.93. The number of fused-ring (bicyclic) bond motifs is 3. The van der Waals surface area contributed by atoms with Crippen molar-refractivity contribution in [2.45, 2.75) is 0 Å². The van der Waals surface area contributed by atoms with E-state index in [2.05, 4.69) is 0 Å². The maximum Gasteiger partial charge on any atom is 0.188 e. The SMILES string of the molecule is COc1cc2ccc(=O)c3c4ccccc4n(c1)c23. The van der Waals surface area contributed by atoms with Crippen molar-refractivity contribution in [3.63, 3.8) is 0 Å². The van der Waals surface area contributed by atoms with Crippen LogP contribution in [0.2, 0.25) is 0 Å². The molecule has 4 rings (SSSR count). The van der Waals surface area contributed by atoms with E-state index in [4.69, 9.17) is 4.74 Å². The Hall–Kier alpha value is -2.55. The van der Waals surface area contributed by atoms with Gasteiger partial charge in [-0.2, -0.15) is 0 Å². The molecule has 92 valence electrons. The standard InChI is InChI=1S/C16H11NO2/c1-19-11-8-10-6-7-14(18)15-12-4-2-3-5-13(12)17(9-11)16(10)15/h2-9H,1H3. The van der Waals surface area contributed by atoms with E-state index < -0.39 is 0 Å². The predicted molar refractivity (Wildman–Crippen MR) is 76.4 cm³/mol. The molecular weight excluding hydrogens is 238 g/mol. The molecule has 2 aromatic carbocycles. The van der Waals surface area contributed by atoms with Gasteiger partial charge >= 0.3 is 0 Å². The minimum atomic E-state index is 0.0661. The summed E-state index contributed by atoms with van der Waals surface area (Å²) in [5, 5.41) is 2.80. The lowest BCUT2D eigenvalue weighted by molar-refractivity contribution is 0.413. The molecule has 0 saturated carbocycles. The third-order valence-electron chi connectivity index (χ3n) is 3.63. The average molecular weight is 249 g/mol. The summed E-state index contributed by atoms with van der Waals surface area (Å²) < 4.78 is 7.38. The molecule has 0 saturated heterocycles. The van der Waals surface area contributed by atoms with Gasteiger partial charge in [0.05, 0.1) is 29.7 Å². The topological polar surface area (TPSA) is 30.7 Å². The summed E-state index contributed by atoms with van der Waals surface area (Å²) >= 11 is 0. The fraction of sp³-hybridized carbons (Fsp3) is 0.0625. The lowest BCUT2D eigenvalue weighted by Gasteiger charge is -2.05. The second-order valence-electron chi connectivity index (χ2n) is 4.64. The Balaban J connectivity index is 2.44. The number of hydrogen-bond donors (Lipinski definition) is 0. The van der Waals surface area contributed by atoms with Gasteiger partial charge in [-0.3, -0.25) is 4.79 Å². The first-order chi connectivity index (χ1) is 9.29. The molecule has 0 spiro atoms. The van der Waals surface area contributed by atoms with Crippen LogP contribution in [0.1, 0.15) is 0 Å². The Morgan fingerprint density at radius 2 is 1.95 bits per heavy atom. The minimum absolute atomic E-state index is 0.0661. The van der Waals surface area contributed by atoms with Crippen LogP contribution in [0.15, 0.2) is 53.5 Å². The smallest absolute Gasteiger partial charge is 0.188 e. The zero-order valence-corrected chi connectivity index (χ0v) is 10.4. The molecule has 19 heavy (non-hydrogen) atoms. The van der Waals surface area contributed by atoms with Gasteiger partial charge in [-0.1, -0.05) is 18.2 Å². The molecule has 3 nitrogen and oxygen atoms in total. The predicted octanol–water partition coefficient (Wildman–Crippen LogP) is 3.05. The van der Waals surface area contributed by atoms with Gasteiger partial charge in [0.1, 0.15) is 5.75 Å². The second kappa shape index (κ2) is 3.48. The van der Waals surface area contributed by atoms with E-state index >= 15 is 0 Å². The number of pyridine rings is 1. The highest BCUT2D eigenvalue weighted by molar-refractivity contribution is 6.13. The lowest BCUT2D eigenvalue weighted by Crippen LogP contribution is -1.98. The van der Waals surface area contributed by atoms with Crippen LogP contribution in [-0.2, 0) is 0 Å². The minimum Gasteiger partial charge on any atom is -0.495 e. The Labute approximate surface area is 109 Å². The Bertz CT molecular complexity index is 969. The molecule has 0 N–H and O–H groups in total. The highest BCUT2D eigenvalue weighted by Crippen LogP contribution is 2.31. The zero-order valence-electron chi connectivity index (χ0n) is 10.4. The summed E-state index contributed by atoms with van der Waals surface area (Å²) in [7, 11) is 1.65. The van der Waals surface area contributed by atoms with Crippen LogP contribution in [0, 0.1) is 0 Å². The number of methoxy groups -OCH3 is 1. The monoisotopic (exact) mass is 249 g/mol. The van der Waals surface area contributed by atoms with Crippen LogP contribution in [0.3, 0.4) is 0 Å². The van der Waals surface area contributed by atoms with Crippen molar-refractivity contribution in [1.29, 1.82) is 0 Å². The van der Waals surface area contributed by atoms with Crippen molar-refractivity contribution >= 4 is 27.2 Å². The van der Waals surface area contributed by atoms with Gasteiger partial charge in [0, 0.05) is 10.8 Å². The van der Waals surface area contributed by atoms with Crippen molar-refractivity contribution in [1.82, 2.24) is 4.40 Å².